The Kier molecular flexibility index (Phi) is 7.26. The number of urea groups is 1. The van der Waals surface area contributed by atoms with Gasteiger partial charge in [0.15, 0.2) is 5.16 Å². The number of hydrogen-bond acceptors (Lipinski definition) is 6. The fourth-order valence-corrected chi connectivity index (χ4v) is 4.30. The highest BCUT2D eigenvalue weighted by molar-refractivity contribution is 7.99. The standard InChI is InChI=1S/C22H21ClN6O3S/c23-15-6-8-17(9-7-15)29-18(10-16-11-19(30)26-21(32)25-16)27-28-22(29)33-13-20(31)24-12-14-4-2-1-3-5-14/h1-9,16H,10-13H2,(H,24,31)(H2,25,26,30,32). The van der Waals surface area contributed by atoms with Crippen molar-refractivity contribution in [2.75, 3.05) is 5.75 Å². The summed E-state index contributed by atoms with van der Waals surface area (Å²) in [5.74, 6) is 0.240. The predicted molar refractivity (Wildman–Crippen MR) is 124 cm³/mol. The van der Waals surface area contributed by atoms with Crippen LogP contribution < -0.4 is 16.0 Å². The quantitative estimate of drug-likeness (QED) is 0.423. The smallest absolute Gasteiger partial charge is 0.321 e. The molecule has 2 heterocycles. The van der Waals surface area contributed by atoms with Crippen LogP contribution in [0.25, 0.3) is 5.69 Å². The van der Waals surface area contributed by atoms with Crippen molar-refractivity contribution in [3.8, 4) is 5.69 Å². The molecule has 4 amide bonds. The van der Waals surface area contributed by atoms with E-state index in [1.807, 2.05) is 47.0 Å². The van der Waals surface area contributed by atoms with E-state index in [9.17, 15) is 14.4 Å². The average Bonchev–Trinajstić information content (AvgIpc) is 3.19. The number of benzene rings is 2. The van der Waals surface area contributed by atoms with E-state index in [-0.39, 0.29) is 24.0 Å². The Hall–Kier alpha value is -3.37. The van der Waals surface area contributed by atoms with E-state index in [0.717, 1.165) is 11.3 Å². The second kappa shape index (κ2) is 10.5. The van der Waals surface area contributed by atoms with Crippen molar-refractivity contribution in [2.24, 2.45) is 0 Å². The summed E-state index contributed by atoms with van der Waals surface area (Å²) in [5.41, 5.74) is 1.78. The van der Waals surface area contributed by atoms with Crippen LogP contribution in [0.2, 0.25) is 5.02 Å². The molecular formula is C22H21ClN6O3S. The lowest BCUT2D eigenvalue weighted by molar-refractivity contribution is -0.121. The summed E-state index contributed by atoms with van der Waals surface area (Å²) in [5, 5.41) is 17.5. The highest BCUT2D eigenvalue weighted by Crippen LogP contribution is 2.24. The number of nitrogens with one attached hydrogen (secondary N) is 3. The molecular weight excluding hydrogens is 464 g/mol. The molecule has 0 spiro atoms. The van der Waals surface area contributed by atoms with Gasteiger partial charge in [0.2, 0.25) is 11.8 Å². The maximum absolute atomic E-state index is 12.4. The van der Waals surface area contributed by atoms with E-state index in [1.165, 1.54) is 11.8 Å². The first kappa shape index (κ1) is 22.8. The molecule has 1 aromatic heterocycles. The van der Waals surface area contributed by atoms with Gasteiger partial charge >= 0.3 is 6.03 Å². The molecule has 170 valence electrons. The van der Waals surface area contributed by atoms with Crippen molar-refractivity contribution in [2.45, 2.75) is 30.6 Å². The molecule has 3 N–H and O–H groups in total. The van der Waals surface area contributed by atoms with Crippen molar-refractivity contribution >= 4 is 41.2 Å². The molecule has 11 heteroatoms. The lowest BCUT2D eigenvalue weighted by Crippen LogP contribution is -2.53. The predicted octanol–water partition coefficient (Wildman–Crippen LogP) is 2.47. The summed E-state index contributed by atoms with van der Waals surface area (Å²) >= 11 is 7.29. The highest BCUT2D eigenvalue weighted by Gasteiger charge is 2.27. The van der Waals surface area contributed by atoms with E-state index >= 15 is 0 Å². The molecule has 4 rings (SSSR count). The molecule has 1 aliphatic heterocycles. The Morgan fingerprint density at radius 2 is 1.88 bits per heavy atom. The van der Waals surface area contributed by atoms with Gasteiger partial charge in [-0.05, 0) is 29.8 Å². The van der Waals surface area contributed by atoms with Crippen LogP contribution in [0.1, 0.15) is 17.8 Å². The first-order valence-corrected chi connectivity index (χ1v) is 11.6. The maximum atomic E-state index is 12.4. The topological polar surface area (TPSA) is 118 Å². The Balaban J connectivity index is 1.48. The lowest BCUT2D eigenvalue weighted by atomic mass is 10.1. The van der Waals surface area contributed by atoms with Gasteiger partial charge in [0.1, 0.15) is 5.82 Å². The molecule has 33 heavy (non-hydrogen) atoms. The van der Waals surface area contributed by atoms with E-state index in [2.05, 4.69) is 26.1 Å². The molecule has 0 bridgehead atoms. The summed E-state index contributed by atoms with van der Waals surface area (Å²) in [7, 11) is 0. The Morgan fingerprint density at radius 3 is 2.61 bits per heavy atom. The number of rotatable bonds is 8. The molecule has 1 atom stereocenters. The van der Waals surface area contributed by atoms with Crippen LogP contribution >= 0.6 is 23.4 Å². The van der Waals surface area contributed by atoms with Gasteiger partial charge in [-0.2, -0.15) is 0 Å². The molecule has 2 aromatic carbocycles. The molecule has 3 aromatic rings. The minimum Gasteiger partial charge on any atom is -0.351 e. The van der Waals surface area contributed by atoms with Gasteiger partial charge in [-0.1, -0.05) is 53.7 Å². The zero-order chi connectivity index (χ0) is 23.2. The second-order valence-corrected chi connectivity index (χ2v) is 8.77. The monoisotopic (exact) mass is 484 g/mol. The third-order valence-corrected chi connectivity index (χ3v) is 6.08. The van der Waals surface area contributed by atoms with Crippen LogP contribution in [0, 0.1) is 0 Å². The first-order valence-electron chi connectivity index (χ1n) is 10.2. The molecule has 1 unspecified atom stereocenters. The zero-order valence-electron chi connectivity index (χ0n) is 17.5. The van der Waals surface area contributed by atoms with Crippen molar-refractivity contribution in [1.29, 1.82) is 0 Å². The number of halogens is 1. The molecule has 1 aliphatic rings. The van der Waals surface area contributed by atoms with Crippen LogP contribution in [0.5, 0.6) is 0 Å². The third-order valence-electron chi connectivity index (χ3n) is 4.90. The van der Waals surface area contributed by atoms with Gasteiger partial charge in [0.25, 0.3) is 0 Å². The van der Waals surface area contributed by atoms with Crippen LogP contribution in [-0.2, 0) is 22.6 Å². The fraction of sp³-hybridized carbons (Fsp3) is 0.227. The largest absolute Gasteiger partial charge is 0.351 e. The molecule has 0 radical (unpaired) electrons. The summed E-state index contributed by atoms with van der Waals surface area (Å²) in [6.45, 7) is 0.443. The normalized spacial score (nSPS) is 15.6. The summed E-state index contributed by atoms with van der Waals surface area (Å²) in [4.78, 5) is 35.8. The molecule has 1 fully saturated rings. The van der Waals surface area contributed by atoms with Crippen LogP contribution in [0.4, 0.5) is 4.79 Å². The number of carbonyl (C=O) groups excluding carboxylic acids is 3. The number of imide groups is 1. The average molecular weight is 485 g/mol. The number of thioether (sulfide) groups is 1. The van der Waals surface area contributed by atoms with Crippen LogP contribution in [-0.4, -0.2) is 44.4 Å². The third kappa shape index (κ3) is 6.11. The Morgan fingerprint density at radius 1 is 1.12 bits per heavy atom. The molecule has 9 nitrogen and oxygen atoms in total. The minimum atomic E-state index is -0.529. The summed E-state index contributed by atoms with van der Waals surface area (Å²) in [6.07, 6.45) is 0.444. The first-order chi connectivity index (χ1) is 16.0. The van der Waals surface area contributed by atoms with Crippen molar-refractivity contribution in [3.05, 3.63) is 71.0 Å². The van der Waals surface area contributed by atoms with Crippen molar-refractivity contribution in [3.63, 3.8) is 0 Å². The van der Waals surface area contributed by atoms with Gasteiger partial charge in [0.05, 0.1) is 5.75 Å². The molecule has 0 aliphatic carbocycles. The Labute approximate surface area is 199 Å². The number of amides is 4. The lowest BCUT2D eigenvalue weighted by Gasteiger charge is -2.23. The van der Waals surface area contributed by atoms with Gasteiger partial charge in [-0.25, -0.2) is 4.79 Å². The maximum Gasteiger partial charge on any atom is 0.321 e. The Bertz CT molecular complexity index is 1140. The van der Waals surface area contributed by atoms with Crippen molar-refractivity contribution in [1.82, 2.24) is 30.7 Å². The zero-order valence-corrected chi connectivity index (χ0v) is 19.0. The van der Waals surface area contributed by atoms with E-state index in [1.54, 1.807) is 12.1 Å². The molecule has 0 saturated carbocycles. The number of aromatic nitrogens is 3. The van der Waals surface area contributed by atoms with E-state index in [4.69, 9.17) is 11.6 Å². The number of hydrogen-bond donors (Lipinski definition) is 3. The van der Waals surface area contributed by atoms with Gasteiger partial charge < -0.3 is 10.6 Å². The summed E-state index contributed by atoms with van der Waals surface area (Å²) in [6, 6.07) is 15.9. The van der Waals surface area contributed by atoms with Gasteiger partial charge in [-0.15, -0.1) is 10.2 Å². The number of carbonyl (C=O) groups is 3. The van der Waals surface area contributed by atoms with Crippen LogP contribution in [0.15, 0.2) is 59.8 Å². The minimum absolute atomic E-state index is 0.132. The van der Waals surface area contributed by atoms with Gasteiger partial charge in [0, 0.05) is 36.1 Å². The van der Waals surface area contributed by atoms with Gasteiger partial charge in [-0.3, -0.25) is 19.5 Å². The highest BCUT2D eigenvalue weighted by atomic mass is 35.5. The summed E-state index contributed by atoms with van der Waals surface area (Å²) < 4.78 is 1.81. The van der Waals surface area contributed by atoms with E-state index < -0.39 is 12.1 Å². The van der Waals surface area contributed by atoms with Crippen LogP contribution in [0.3, 0.4) is 0 Å². The second-order valence-electron chi connectivity index (χ2n) is 7.39. The van der Waals surface area contributed by atoms with E-state index in [0.29, 0.717) is 29.0 Å². The SMILES string of the molecule is O=C(CSc1nnc(CC2CC(=O)NC(=O)N2)n1-c1ccc(Cl)cc1)NCc1ccccc1. The molecule has 1 saturated heterocycles. The fourth-order valence-electron chi connectivity index (χ4n) is 3.37. The number of nitrogens with zero attached hydrogens (tertiary/aromatic N) is 3. The van der Waals surface area contributed by atoms with Crippen molar-refractivity contribution < 1.29 is 14.4 Å².